The van der Waals surface area contributed by atoms with Gasteiger partial charge in [-0.15, -0.1) is 0 Å². The Balaban J connectivity index is 1.87. The Morgan fingerprint density at radius 2 is 2.00 bits per heavy atom. The van der Waals surface area contributed by atoms with E-state index in [2.05, 4.69) is 5.32 Å². The normalized spacial score (nSPS) is 17.0. The van der Waals surface area contributed by atoms with Crippen LogP contribution in [0, 0.1) is 19.3 Å². The van der Waals surface area contributed by atoms with Crippen molar-refractivity contribution in [3.63, 3.8) is 0 Å². The lowest BCUT2D eigenvalue weighted by molar-refractivity contribution is -0.140. The van der Waals surface area contributed by atoms with Gasteiger partial charge in [0.15, 0.2) is 5.65 Å². The highest BCUT2D eigenvalue weighted by Crippen LogP contribution is 2.35. The van der Waals surface area contributed by atoms with Crippen molar-refractivity contribution in [2.45, 2.75) is 79.7 Å². The number of aromatic nitrogens is 3. The van der Waals surface area contributed by atoms with E-state index in [-0.39, 0.29) is 17.9 Å². The van der Waals surface area contributed by atoms with Crippen LogP contribution in [0.15, 0.2) is 6.07 Å². The zero-order valence-corrected chi connectivity index (χ0v) is 19.2. The van der Waals surface area contributed by atoms with Crippen LogP contribution in [0.4, 0.5) is 0 Å². The molecule has 30 heavy (non-hydrogen) atoms. The number of nitrogens with one attached hydrogen (secondary N) is 1. The number of amides is 2. The van der Waals surface area contributed by atoms with Crippen LogP contribution in [-0.4, -0.2) is 44.4 Å². The number of likely N-dealkylation sites (tertiary alicyclic amines) is 1. The van der Waals surface area contributed by atoms with E-state index in [9.17, 15) is 9.59 Å². The van der Waals surface area contributed by atoms with Gasteiger partial charge in [-0.05, 0) is 45.1 Å². The molecule has 3 heterocycles. The second-order valence-electron chi connectivity index (χ2n) is 9.36. The van der Waals surface area contributed by atoms with Gasteiger partial charge in [0.2, 0.25) is 11.8 Å². The summed E-state index contributed by atoms with van der Waals surface area (Å²) in [6.07, 6.45) is 3.93. The molecule has 0 bridgehead atoms. The van der Waals surface area contributed by atoms with Crippen molar-refractivity contribution in [2.75, 3.05) is 13.1 Å². The second-order valence-corrected chi connectivity index (χ2v) is 9.36. The predicted molar refractivity (Wildman–Crippen MR) is 117 cm³/mol. The van der Waals surface area contributed by atoms with Gasteiger partial charge >= 0.3 is 0 Å². The fourth-order valence-corrected chi connectivity index (χ4v) is 4.21. The maximum absolute atomic E-state index is 12.9. The summed E-state index contributed by atoms with van der Waals surface area (Å²) < 4.78 is 1.87. The van der Waals surface area contributed by atoms with E-state index < -0.39 is 5.41 Å². The van der Waals surface area contributed by atoms with E-state index in [0.717, 1.165) is 54.1 Å². The molecule has 2 amide bonds. The molecule has 2 aromatic heterocycles. The summed E-state index contributed by atoms with van der Waals surface area (Å²) in [6, 6.07) is 2.01. The van der Waals surface area contributed by atoms with Crippen LogP contribution in [0.5, 0.6) is 0 Å². The second kappa shape index (κ2) is 8.74. The summed E-state index contributed by atoms with van der Waals surface area (Å²) in [5.41, 5.74) is 4.31. The van der Waals surface area contributed by atoms with Gasteiger partial charge in [0.1, 0.15) is 0 Å². The third-order valence-electron chi connectivity index (χ3n) is 5.85. The number of nitrogens with zero attached hydrogens (tertiary/aromatic N) is 4. The van der Waals surface area contributed by atoms with Gasteiger partial charge in [-0.2, -0.15) is 5.10 Å². The number of carbonyl (C=O) groups is 2. The Labute approximate surface area is 179 Å². The van der Waals surface area contributed by atoms with E-state index in [0.29, 0.717) is 19.4 Å². The molecule has 0 unspecified atom stereocenters. The summed E-state index contributed by atoms with van der Waals surface area (Å²) in [5.74, 6) is 0.237. The Bertz CT molecular complexity index is 941. The largest absolute Gasteiger partial charge is 0.356 e. The summed E-state index contributed by atoms with van der Waals surface area (Å²) >= 11 is 0. The number of rotatable bonds is 6. The number of hydrogen-bond acceptors (Lipinski definition) is 4. The van der Waals surface area contributed by atoms with Crippen LogP contribution in [0.1, 0.15) is 82.1 Å². The predicted octanol–water partition coefficient (Wildman–Crippen LogP) is 3.51. The fourth-order valence-electron chi connectivity index (χ4n) is 4.21. The van der Waals surface area contributed by atoms with Crippen molar-refractivity contribution in [1.82, 2.24) is 24.8 Å². The first-order valence-corrected chi connectivity index (χ1v) is 11.1. The smallest absolute Gasteiger partial charge is 0.228 e. The molecule has 1 aliphatic rings. The molecule has 1 aliphatic heterocycles. The summed E-state index contributed by atoms with van der Waals surface area (Å²) in [5, 5.41) is 7.78. The zero-order valence-electron chi connectivity index (χ0n) is 19.2. The highest BCUT2D eigenvalue weighted by molar-refractivity contribution is 5.82. The van der Waals surface area contributed by atoms with E-state index >= 15 is 0 Å². The van der Waals surface area contributed by atoms with Crippen LogP contribution in [0.2, 0.25) is 0 Å². The molecule has 7 heteroatoms. The Kier molecular flexibility index (Phi) is 6.48. The molecule has 7 nitrogen and oxygen atoms in total. The van der Waals surface area contributed by atoms with Crippen molar-refractivity contribution in [3.05, 3.63) is 28.7 Å². The van der Waals surface area contributed by atoms with Crippen LogP contribution in [0.25, 0.3) is 5.65 Å². The van der Waals surface area contributed by atoms with Gasteiger partial charge in [-0.25, -0.2) is 9.50 Å². The first-order chi connectivity index (χ1) is 14.1. The summed E-state index contributed by atoms with van der Waals surface area (Å²) in [7, 11) is 0. The lowest BCUT2D eigenvalue weighted by Crippen LogP contribution is -2.39. The molecule has 164 valence electrons. The van der Waals surface area contributed by atoms with Gasteiger partial charge in [0, 0.05) is 42.4 Å². The van der Waals surface area contributed by atoms with E-state index in [1.54, 1.807) is 0 Å². The lowest BCUT2D eigenvalue weighted by atomic mass is 9.94. The van der Waals surface area contributed by atoms with E-state index in [1.165, 1.54) is 0 Å². The van der Waals surface area contributed by atoms with Gasteiger partial charge in [-0.1, -0.05) is 27.7 Å². The average molecular weight is 414 g/mol. The number of aryl methyl sites for hydroxylation is 2. The molecule has 1 saturated heterocycles. The molecule has 3 rings (SSSR count). The van der Waals surface area contributed by atoms with Crippen LogP contribution in [0.3, 0.4) is 0 Å². The van der Waals surface area contributed by atoms with Crippen LogP contribution in [-0.2, 0) is 16.0 Å². The number of hydrogen-bond donors (Lipinski definition) is 1. The SMILES string of the molecule is CCCNC(=O)CCc1c(C)nc2cc([C@@H]3CCCN3C(=O)C(C)(C)C)nn2c1C. The highest BCUT2D eigenvalue weighted by Gasteiger charge is 2.37. The third kappa shape index (κ3) is 4.50. The third-order valence-corrected chi connectivity index (χ3v) is 5.85. The van der Waals surface area contributed by atoms with Gasteiger partial charge in [0.25, 0.3) is 0 Å². The van der Waals surface area contributed by atoms with E-state index in [1.807, 2.05) is 57.0 Å². The van der Waals surface area contributed by atoms with Crippen molar-refractivity contribution in [3.8, 4) is 0 Å². The van der Waals surface area contributed by atoms with Gasteiger partial charge in [0.05, 0.1) is 11.7 Å². The minimum Gasteiger partial charge on any atom is -0.356 e. The monoisotopic (exact) mass is 413 g/mol. The van der Waals surface area contributed by atoms with Crippen LogP contribution >= 0.6 is 0 Å². The van der Waals surface area contributed by atoms with E-state index in [4.69, 9.17) is 10.1 Å². The van der Waals surface area contributed by atoms with Crippen molar-refractivity contribution in [2.24, 2.45) is 5.41 Å². The first kappa shape index (κ1) is 22.2. The molecule has 1 N–H and O–H groups in total. The Morgan fingerprint density at radius 3 is 2.67 bits per heavy atom. The molecule has 2 aromatic rings. The summed E-state index contributed by atoms with van der Waals surface area (Å²) in [4.78, 5) is 31.7. The van der Waals surface area contributed by atoms with Gasteiger partial charge < -0.3 is 10.2 Å². The van der Waals surface area contributed by atoms with Crippen molar-refractivity contribution in [1.29, 1.82) is 0 Å². The minimum atomic E-state index is -0.405. The molecule has 0 spiro atoms. The highest BCUT2D eigenvalue weighted by atomic mass is 16.2. The van der Waals surface area contributed by atoms with Gasteiger partial charge in [-0.3, -0.25) is 9.59 Å². The van der Waals surface area contributed by atoms with Crippen molar-refractivity contribution >= 4 is 17.5 Å². The summed E-state index contributed by atoms with van der Waals surface area (Å²) in [6.45, 7) is 13.4. The van der Waals surface area contributed by atoms with Crippen LogP contribution < -0.4 is 5.32 Å². The Morgan fingerprint density at radius 1 is 1.27 bits per heavy atom. The molecular formula is C23H35N5O2. The lowest BCUT2D eigenvalue weighted by Gasteiger charge is -2.30. The number of carbonyl (C=O) groups excluding carboxylic acids is 2. The molecule has 1 atom stereocenters. The number of fused-ring (bicyclic) bond motifs is 1. The first-order valence-electron chi connectivity index (χ1n) is 11.1. The van der Waals surface area contributed by atoms with Crippen molar-refractivity contribution < 1.29 is 9.59 Å². The molecular weight excluding hydrogens is 378 g/mol. The Hall–Kier alpha value is -2.44. The molecule has 0 aromatic carbocycles. The standard InChI is InChI=1S/C23H35N5O2/c1-7-12-24-21(29)11-10-17-15(2)25-20-14-18(26-28(20)16(17)3)19-9-8-13-27(19)22(30)23(4,5)6/h14,19H,7-13H2,1-6H3,(H,24,29)/t19-/m0/s1. The quantitative estimate of drug-likeness (QED) is 0.786. The molecule has 0 aliphatic carbocycles. The molecule has 0 radical (unpaired) electrons. The minimum absolute atomic E-state index is 0.00130. The average Bonchev–Trinajstić information content (AvgIpc) is 3.31. The topological polar surface area (TPSA) is 79.6 Å². The fraction of sp³-hybridized carbons (Fsp3) is 0.652. The zero-order chi connectivity index (χ0) is 22.1. The molecule has 1 fully saturated rings. The maximum atomic E-state index is 12.9. The maximum Gasteiger partial charge on any atom is 0.228 e. The molecule has 0 saturated carbocycles.